The molecule has 0 spiro atoms. The van der Waals surface area contributed by atoms with Gasteiger partial charge in [-0.25, -0.2) is 4.79 Å². The number of rotatable bonds is 8. The van der Waals surface area contributed by atoms with E-state index in [-0.39, 0.29) is 5.91 Å². The highest BCUT2D eigenvalue weighted by Crippen LogP contribution is 2.27. The lowest BCUT2D eigenvalue weighted by atomic mass is 10.1. The lowest BCUT2D eigenvalue weighted by Gasteiger charge is -2.22. The first-order chi connectivity index (χ1) is 9.02. The number of nitrogens with one attached hydrogen (secondary N) is 2. The molecule has 108 valence electrons. The van der Waals surface area contributed by atoms with Crippen molar-refractivity contribution in [1.82, 2.24) is 15.5 Å². The van der Waals surface area contributed by atoms with Gasteiger partial charge in [-0.05, 0) is 31.7 Å². The van der Waals surface area contributed by atoms with Crippen LogP contribution in [0.25, 0.3) is 0 Å². The van der Waals surface area contributed by atoms with Crippen LogP contribution in [0.5, 0.6) is 0 Å². The van der Waals surface area contributed by atoms with E-state index in [1.165, 1.54) is 0 Å². The second-order valence-electron chi connectivity index (χ2n) is 5.43. The fourth-order valence-electron chi connectivity index (χ4n) is 1.81. The van der Waals surface area contributed by atoms with Crippen LogP contribution in [-0.2, 0) is 4.79 Å². The Kier molecular flexibility index (Phi) is 6.56. The molecule has 1 fully saturated rings. The molecule has 0 aromatic heterocycles. The maximum atomic E-state index is 11.8. The molecule has 1 rings (SSSR count). The minimum absolute atomic E-state index is 0.239. The monoisotopic (exact) mass is 267 g/mol. The number of hydrogen-bond acceptors (Lipinski definition) is 3. The van der Waals surface area contributed by atoms with Crippen molar-refractivity contribution in [3.05, 3.63) is 12.7 Å². The summed E-state index contributed by atoms with van der Waals surface area (Å²) < 4.78 is 0. The standard InChI is InChI=1S/C14H25N3O2/c1-4-8-15-14(19)16-13(18)10-17(12-5-6-12)9-7-11(2)3/h4,11-12H,1,5-10H2,2-3H3,(H2,15,16,18,19). The SMILES string of the molecule is C=CCNC(=O)NC(=O)CN(CCC(C)C)C1CC1. The summed E-state index contributed by atoms with van der Waals surface area (Å²) in [5, 5.41) is 4.86. The summed E-state index contributed by atoms with van der Waals surface area (Å²) in [5.74, 6) is 0.386. The summed E-state index contributed by atoms with van der Waals surface area (Å²) in [6.07, 6.45) is 4.97. The van der Waals surface area contributed by atoms with Gasteiger partial charge < -0.3 is 5.32 Å². The summed E-state index contributed by atoms with van der Waals surface area (Å²) in [6.45, 7) is 9.43. The molecule has 0 unspecified atom stereocenters. The van der Waals surface area contributed by atoms with Gasteiger partial charge in [-0.2, -0.15) is 0 Å². The maximum Gasteiger partial charge on any atom is 0.321 e. The Morgan fingerprint density at radius 1 is 1.42 bits per heavy atom. The van der Waals surface area contributed by atoms with Crippen LogP contribution in [0.15, 0.2) is 12.7 Å². The Balaban J connectivity index is 2.30. The molecule has 1 saturated carbocycles. The molecular weight excluding hydrogens is 242 g/mol. The highest BCUT2D eigenvalue weighted by molar-refractivity contribution is 5.95. The Hall–Kier alpha value is -1.36. The Morgan fingerprint density at radius 2 is 2.11 bits per heavy atom. The fraction of sp³-hybridized carbons (Fsp3) is 0.714. The summed E-state index contributed by atoms with van der Waals surface area (Å²) in [5.41, 5.74) is 0. The van der Waals surface area contributed by atoms with Crippen LogP contribution >= 0.6 is 0 Å². The zero-order valence-electron chi connectivity index (χ0n) is 11.9. The Labute approximate surface area is 115 Å². The van der Waals surface area contributed by atoms with E-state index in [2.05, 4.69) is 36.0 Å². The van der Waals surface area contributed by atoms with Gasteiger partial charge in [0.15, 0.2) is 0 Å². The van der Waals surface area contributed by atoms with Crippen molar-refractivity contribution in [3.8, 4) is 0 Å². The number of nitrogens with zero attached hydrogens (tertiary/aromatic N) is 1. The molecule has 0 saturated heterocycles. The van der Waals surface area contributed by atoms with Crippen molar-refractivity contribution >= 4 is 11.9 Å². The summed E-state index contributed by atoms with van der Waals surface area (Å²) in [4.78, 5) is 25.3. The fourth-order valence-corrected chi connectivity index (χ4v) is 1.81. The minimum Gasteiger partial charge on any atom is -0.334 e. The number of carbonyl (C=O) groups is 2. The Bertz CT molecular complexity index is 325. The van der Waals surface area contributed by atoms with Crippen LogP contribution < -0.4 is 10.6 Å². The van der Waals surface area contributed by atoms with E-state index in [0.717, 1.165) is 25.8 Å². The van der Waals surface area contributed by atoms with Crippen molar-refractivity contribution in [2.75, 3.05) is 19.6 Å². The number of hydrogen-bond donors (Lipinski definition) is 2. The van der Waals surface area contributed by atoms with Crippen LogP contribution in [0.1, 0.15) is 33.1 Å². The lowest BCUT2D eigenvalue weighted by Crippen LogP contribution is -2.45. The van der Waals surface area contributed by atoms with Crippen LogP contribution in [0.2, 0.25) is 0 Å². The largest absolute Gasteiger partial charge is 0.334 e. The average Bonchev–Trinajstić information content (AvgIpc) is 3.15. The molecule has 1 aliphatic rings. The molecule has 0 heterocycles. The topological polar surface area (TPSA) is 61.4 Å². The normalized spacial score (nSPS) is 14.5. The van der Waals surface area contributed by atoms with Gasteiger partial charge >= 0.3 is 6.03 Å². The zero-order valence-corrected chi connectivity index (χ0v) is 11.9. The summed E-state index contributed by atoms with van der Waals surface area (Å²) >= 11 is 0. The highest BCUT2D eigenvalue weighted by Gasteiger charge is 2.30. The molecule has 5 heteroatoms. The second kappa shape index (κ2) is 7.94. The van der Waals surface area contributed by atoms with Gasteiger partial charge in [0.1, 0.15) is 0 Å². The van der Waals surface area contributed by atoms with Crippen LogP contribution in [0.3, 0.4) is 0 Å². The molecule has 0 radical (unpaired) electrons. The molecule has 0 aromatic rings. The van der Waals surface area contributed by atoms with E-state index in [9.17, 15) is 9.59 Å². The highest BCUT2D eigenvalue weighted by atomic mass is 16.2. The first-order valence-electron chi connectivity index (χ1n) is 6.95. The third-order valence-corrected chi connectivity index (χ3v) is 3.06. The molecule has 0 atom stereocenters. The minimum atomic E-state index is -0.454. The number of imide groups is 1. The predicted octanol–water partition coefficient (Wildman–Crippen LogP) is 1.51. The predicted molar refractivity (Wildman–Crippen MR) is 75.8 cm³/mol. The Morgan fingerprint density at radius 3 is 2.63 bits per heavy atom. The average molecular weight is 267 g/mol. The molecule has 19 heavy (non-hydrogen) atoms. The van der Waals surface area contributed by atoms with Crippen molar-refractivity contribution < 1.29 is 9.59 Å². The summed E-state index contributed by atoms with van der Waals surface area (Å²) in [7, 11) is 0. The zero-order chi connectivity index (χ0) is 14.3. The molecule has 0 aliphatic heterocycles. The van der Waals surface area contributed by atoms with Crippen molar-refractivity contribution in [2.24, 2.45) is 5.92 Å². The lowest BCUT2D eigenvalue weighted by molar-refractivity contribution is -0.121. The molecule has 0 aromatic carbocycles. The number of urea groups is 1. The van der Waals surface area contributed by atoms with Crippen molar-refractivity contribution in [1.29, 1.82) is 0 Å². The van der Waals surface area contributed by atoms with E-state index in [1.54, 1.807) is 6.08 Å². The number of carbonyl (C=O) groups excluding carboxylic acids is 2. The van der Waals surface area contributed by atoms with Crippen LogP contribution in [0.4, 0.5) is 4.79 Å². The molecule has 1 aliphatic carbocycles. The van der Waals surface area contributed by atoms with Gasteiger partial charge in [-0.3, -0.25) is 15.0 Å². The van der Waals surface area contributed by atoms with Gasteiger partial charge in [0.05, 0.1) is 6.54 Å². The van der Waals surface area contributed by atoms with Gasteiger partial charge in [-0.15, -0.1) is 6.58 Å². The van der Waals surface area contributed by atoms with Crippen LogP contribution in [0, 0.1) is 5.92 Å². The van der Waals surface area contributed by atoms with Crippen molar-refractivity contribution in [2.45, 2.75) is 39.2 Å². The molecule has 2 N–H and O–H groups in total. The second-order valence-corrected chi connectivity index (χ2v) is 5.43. The third kappa shape index (κ3) is 6.96. The van der Waals surface area contributed by atoms with E-state index in [1.807, 2.05) is 0 Å². The summed E-state index contributed by atoms with van der Waals surface area (Å²) in [6, 6.07) is 0.0743. The van der Waals surface area contributed by atoms with Gasteiger partial charge in [-0.1, -0.05) is 19.9 Å². The first kappa shape index (κ1) is 15.7. The van der Waals surface area contributed by atoms with Crippen molar-refractivity contribution in [3.63, 3.8) is 0 Å². The molecular formula is C14H25N3O2. The number of amides is 3. The van der Waals surface area contributed by atoms with Crippen LogP contribution in [-0.4, -0.2) is 42.5 Å². The molecule has 0 bridgehead atoms. The van der Waals surface area contributed by atoms with Gasteiger partial charge in [0.2, 0.25) is 5.91 Å². The van der Waals surface area contributed by atoms with Gasteiger partial charge in [0, 0.05) is 12.6 Å². The quantitative estimate of drug-likeness (QED) is 0.655. The van der Waals surface area contributed by atoms with E-state index < -0.39 is 6.03 Å². The van der Waals surface area contributed by atoms with E-state index >= 15 is 0 Å². The first-order valence-corrected chi connectivity index (χ1v) is 6.95. The third-order valence-electron chi connectivity index (χ3n) is 3.06. The van der Waals surface area contributed by atoms with E-state index in [4.69, 9.17) is 0 Å². The molecule has 3 amide bonds. The molecule has 5 nitrogen and oxygen atoms in total. The smallest absolute Gasteiger partial charge is 0.321 e. The van der Waals surface area contributed by atoms with E-state index in [0.29, 0.717) is 25.0 Å². The van der Waals surface area contributed by atoms with Gasteiger partial charge in [0.25, 0.3) is 0 Å². The maximum absolute atomic E-state index is 11.8.